The molecule has 1 fully saturated rings. The number of ether oxygens (including phenoxy) is 1. The van der Waals surface area contributed by atoms with Crippen LogP contribution in [0.4, 0.5) is 0 Å². The molecule has 1 heterocycles. The molecule has 3 heteroatoms. The van der Waals surface area contributed by atoms with Gasteiger partial charge in [-0.3, -0.25) is 9.69 Å². The smallest absolute Gasteiger partial charge is 0.311 e. The van der Waals surface area contributed by atoms with Crippen LogP contribution in [0, 0.1) is 5.92 Å². The van der Waals surface area contributed by atoms with Gasteiger partial charge in [0.15, 0.2) is 0 Å². The van der Waals surface area contributed by atoms with Crippen LogP contribution in [-0.4, -0.2) is 30.0 Å². The van der Waals surface area contributed by atoms with E-state index in [1.165, 1.54) is 74.5 Å². The molecule has 1 saturated heterocycles. The minimum atomic E-state index is -0.0747. The van der Waals surface area contributed by atoms with E-state index in [1.807, 2.05) is 6.07 Å². The van der Waals surface area contributed by atoms with Gasteiger partial charge in [0.2, 0.25) is 0 Å². The summed E-state index contributed by atoms with van der Waals surface area (Å²) >= 11 is 0. The second-order valence-electron chi connectivity index (χ2n) is 12.1. The zero-order chi connectivity index (χ0) is 26.0. The van der Waals surface area contributed by atoms with E-state index in [0.29, 0.717) is 18.4 Å². The Balaban J connectivity index is 1.43. The average molecular weight is 496 g/mol. The number of unbranched alkanes of at least 4 members (excludes halogenated alkanes) is 10. The Kier molecular flexibility index (Phi) is 11.5. The molecule has 36 heavy (non-hydrogen) atoms. The lowest BCUT2D eigenvalue weighted by molar-refractivity contribution is -0.134. The highest BCUT2D eigenvalue weighted by Crippen LogP contribution is 2.49. The number of carbonyl (C=O) groups is 1. The van der Waals surface area contributed by atoms with Gasteiger partial charge in [0.05, 0.1) is 0 Å². The zero-order valence-corrected chi connectivity index (χ0v) is 24.0. The van der Waals surface area contributed by atoms with Gasteiger partial charge in [0, 0.05) is 19.0 Å². The molecule has 3 rings (SSSR count). The third kappa shape index (κ3) is 7.94. The maximum absolute atomic E-state index is 12.5. The first-order chi connectivity index (χ1) is 17.3. The predicted octanol–water partition coefficient (Wildman–Crippen LogP) is 8.78. The number of hydrogen-bond acceptors (Lipinski definition) is 3. The molecular formula is C33H53NO2. The molecule has 1 aromatic rings. The molecule has 202 valence electrons. The van der Waals surface area contributed by atoms with Crippen LogP contribution in [0.15, 0.2) is 29.8 Å². The van der Waals surface area contributed by atoms with Crippen molar-refractivity contribution in [1.29, 1.82) is 0 Å². The molecule has 2 aliphatic rings. The van der Waals surface area contributed by atoms with Gasteiger partial charge in [-0.05, 0) is 74.2 Å². The van der Waals surface area contributed by atoms with Crippen LogP contribution in [0.2, 0.25) is 0 Å². The average Bonchev–Trinajstić information content (AvgIpc) is 2.84. The molecule has 1 aliphatic carbocycles. The van der Waals surface area contributed by atoms with Crippen molar-refractivity contribution in [2.24, 2.45) is 5.92 Å². The minimum Gasteiger partial charge on any atom is -0.427 e. The van der Waals surface area contributed by atoms with Gasteiger partial charge in [0.25, 0.3) is 0 Å². The van der Waals surface area contributed by atoms with E-state index in [4.69, 9.17) is 4.74 Å². The summed E-state index contributed by atoms with van der Waals surface area (Å²) in [5.41, 5.74) is 4.39. The summed E-state index contributed by atoms with van der Waals surface area (Å²) < 4.78 is 5.82. The van der Waals surface area contributed by atoms with Crippen LogP contribution in [-0.2, 0) is 16.6 Å². The third-order valence-electron chi connectivity index (χ3n) is 9.05. The molecule has 1 aromatic carbocycles. The zero-order valence-electron chi connectivity index (χ0n) is 24.0. The van der Waals surface area contributed by atoms with Crippen LogP contribution >= 0.6 is 0 Å². The maximum Gasteiger partial charge on any atom is 0.311 e. The van der Waals surface area contributed by atoms with Gasteiger partial charge >= 0.3 is 5.97 Å². The summed E-state index contributed by atoms with van der Waals surface area (Å²) in [6, 6.07) is 7.02. The topological polar surface area (TPSA) is 29.5 Å². The van der Waals surface area contributed by atoms with E-state index in [0.717, 1.165) is 44.5 Å². The van der Waals surface area contributed by atoms with Gasteiger partial charge in [0.1, 0.15) is 5.75 Å². The Hall–Kier alpha value is -1.61. The number of piperidine rings is 1. The molecule has 3 atom stereocenters. The van der Waals surface area contributed by atoms with E-state index in [-0.39, 0.29) is 11.4 Å². The van der Waals surface area contributed by atoms with Crippen molar-refractivity contribution in [3.8, 4) is 5.75 Å². The van der Waals surface area contributed by atoms with E-state index < -0.39 is 0 Å². The molecule has 0 spiro atoms. The molecular weight excluding hydrogens is 442 g/mol. The second kappa shape index (κ2) is 14.4. The molecule has 0 unspecified atom stereocenters. The number of rotatable bonds is 15. The van der Waals surface area contributed by atoms with Gasteiger partial charge in [-0.1, -0.05) is 103 Å². The van der Waals surface area contributed by atoms with Crippen LogP contribution in [0.3, 0.4) is 0 Å². The largest absolute Gasteiger partial charge is 0.427 e. The fourth-order valence-corrected chi connectivity index (χ4v) is 6.39. The summed E-state index contributed by atoms with van der Waals surface area (Å²) in [5.74, 6) is 1.25. The standard InChI is InChI=1S/C33H53NO2/c1-6-7-8-9-10-11-12-13-14-15-16-17-32(35)36-29-19-18-28-24-31-27(4)33(5,30(28)25-29)21-23-34(31)22-20-26(2)3/h18-20,25,27,31H,6-17,21-24H2,1-5H3/t27-,31+,33+/m1/s1. The number of benzene rings is 1. The quantitative estimate of drug-likeness (QED) is 0.105. The Morgan fingerprint density at radius 2 is 1.67 bits per heavy atom. The molecule has 0 saturated carbocycles. The summed E-state index contributed by atoms with van der Waals surface area (Å²) in [6.45, 7) is 13.7. The summed E-state index contributed by atoms with van der Waals surface area (Å²) in [6.07, 6.45) is 19.4. The van der Waals surface area contributed by atoms with Crippen LogP contribution in [0.1, 0.15) is 129 Å². The van der Waals surface area contributed by atoms with Crippen molar-refractivity contribution in [3.63, 3.8) is 0 Å². The maximum atomic E-state index is 12.5. The molecule has 1 aliphatic heterocycles. The van der Waals surface area contributed by atoms with Gasteiger partial charge < -0.3 is 4.74 Å². The summed E-state index contributed by atoms with van der Waals surface area (Å²) in [7, 11) is 0. The fourth-order valence-electron chi connectivity index (χ4n) is 6.39. The number of esters is 1. The fraction of sp³-hybridized carbons (Fsp3) is 0.727. The lowest BCUT2D eigenvalue weighted by Crippen LogP contribution is -2.57. The highest BCUT2D eigenvalue weighted by atomic mass is 16.5. The minimum absolute atomic E-state index is 0.0747. The molecule has 0 N–H and O–H groups in total. The number of nitrogens with zero attached hydrogens (tertiary/aromatic N) is 1. The molecule has 0 amide bonds. The Bertz CT molecular complexity index is 855. The van der Waals surface area contributed by atoms with Crippen molar-refractivity contribution < 1.29 is 9.53 Å². The van der Waals surface area contributed by atoms with Gasteiger partial charge in [-0.25, -0.2) is 0 Å². The monoisotopic (exact) mass is 495 g/mol. The normalized spacial score (nSPS) is 23.2. The number of hydrogen-bond donors (Lipinski definition) is 0. The molecule has 0 aromatic heterocycles. The van der Waals surface area contributed by atoms with Crippen molar-refractivity contribution in [1.82, 2.24) is 4.90 Å². The van der Waals surface area contributed by atoms with Crippen LogP contribution in [0.5, 0.6) is 5.75 Å². The second-order valence-corrected chi connectivity index (χ2v) is 12.1. The number of fused-ring (bicyclic) bond motifs is 4. The van der Waals surface area contributed by atoms with E-state index in [2.05, 4.69) is 57.7 Å². The third-order valence-corrected chi connectivity index (χ3v) is 9.05. The lowest BCUT2D eigenvalue weighted by Gasteiger charge is -2.54. The first kappa shape index (κ1) is 29.0. The first-order valence-corrected chi connectivity index (χ1v) is 15.1. The highest BCUT2D eigenvalue weighted by molar-refractivity contribution is 5.72. The van der Waals surface area contributed by atoms with Crippen molar-refractivity contribution in [3.05, 3.63) is 41.0 Å². The van der Waals surface area contributed by atoms with Crippen molar-refractivity contribution in [2.45, 2.75) is 136 Å². The van der Waals surface area contributed by atoms with E-state index >= 15 is 0 Å². The Morgan fingerprint density at radius 3 is 2.31 bits per heavy atom. The van der Waals surface area contributed by atoms with Gasteiger partial charge in [-0.15, -0.1) is 0 Å². The van der Waals surface area contributed by atoms with Crippen molar-refractivity contribution in [2.75, 3.05) is 13.1 Å². The highest BCUT2D eigenvalue weighted by Gasteiger charge is 2.48. The van der Waals surface area contributed by atoms with Crippen molar-refractivity contribution >= 4 is 5.97 Å². The predicted molar refractivity (Wildman–Crippen MR) is 153 cm³/mol. The number of likely N-dealkylation sites (tertiary alicyclic amines) is 1. The van der Waals surface area contributed by atoms with Crippen LogP contribution in [0.25, 0.3) is 0 Å². The Labute approximate surface area is 222 Å². The van der Waals surface area contributed by atoms with Crippen LogP contribution < -0.4 is 4.74 Å². The molecule has 3 nitrogen and oxygen atoms in total. The lowest BCUT2D eigenvalue weighted by atomic mass is 9.59. The Morgan fingerprint density at radius 1 is 1.03 bits per heavy atom. The number of allylic oxidation sites excluding steroid dienone is 1. The first-order valence-electron chi connectivity index (χ1n) is 15.1. The summed E-state index contributed by atoms with van der Waals surface area (Å²) in [5, 5.41) is 0. The number of carbonyl (C=O) groups excluding carboxylic acids is 1. The summed E-state index contributed by atoms with van der Waals surface area (Å²) in [4.78, 5) is 15.2. The SMILES string of the molecule is CCCCCCCCCCCCCC(=O)Oc1ccc2c(c1)[C@@]1(C)CCN(CC=C(C)C)[C@@H](C2)[C@H]1C. The molecule has 0 radical (unpaired) electrons. The molecule has 2 bridgehead atoms. The van der Waals surface area contributed by atoms with Gasteiger partial charge in [-0.2, -0.15) is 0 Å². The van der Waals surface area contributed by atoms with E-state index in [9.17, 15) is 4.79 Å². The van der Waals surface area contributed by atoms with E-state index in [1.54, 1.807) is 0 Å².